The Kier molecular flexibility index (Phi) is 2.72. The van der Waals surface area contributed by atoms with Gasteiger partial charge in [0.15, 0.2) is 0 Å². The average molecular weight is 248 g/mol. The fraction of sp³-hybridized carbons (Fsp3) is 0. The summed E-state index contributed by atoms with van der Waals surface area (Å²) in [6.07, 6.45) is 0. The first kappa shape index (κ1) is 9.79. The highest BCUT2D eigenvalue weighted by molar-refractivity contribution is 9.10. The van der Waals surface area contributed by atoms with Gasteiger partial charge in [-0.3, -0.25) is 0 Å². The molecule has 0 aliphatic rings. The van der Waals surface area contributed by atoms with Crippen LogP contribution < -0.4 is 16.8 Å². The Bertz CT molecular complexity index is 356. The number of urea groups is 1. The SMILES string of the molecule is NC(=O)Nc1cc(Br)cc(F)c1N. The molecule has 0 unspecified atom stereocenters. The molecule has 0 spiro atoms. The summed E-state index contributed by atoms with van der Waals surface area (Å²) in [6.45, 7) is 0. The predicted octanol–water partition coefficient (Wildman–Crippen LogP) is 1.66. The van der Waals surface area contributed by atoms with Crippen molar-refractivity contribution >= 4 is 33.3 Å². The molecule has 0 saturated heterocycles. The fourth-order valence-electron chi connectivity index (χ4n) is 0.821. The molecule has 6 heteroatoms. The number of anilines is 2. The van der Waals surface area contributed by atoms with Crippen LogP contribution in [-0.2, 0) is 0 Å². The highest BCUT2D eigenvalue weighted by atomic mass is 79.9. The number of primary amides is 1. The normalized spacial score (nSPS) is 9.69. The standard InChI is InChI=1S/C7H7BrFN3O/c8-3-1-4(9)6(10)5(2-3)12-7(11)13/h1-2H,10H2,(H3,11,12,13). The lowest BCUT2D eigenvalue weighted by atomic mass is 10.2. The summed E-state index contributed by atoms with van der Waals surface area (Å²) < 4.78 is 13.4. The van der Waals surface area contributed by atoms with E-state index in [4.69, 9.17) is 11.5 Å². The lowest BCUT2D eigenvalue weighted by Gasteiger charge is -2.06. The summed E-state index contributed by atoms with van der Waals surface area (Å²) >= 11 is 3.05. The van der Waals surface area contributed by atoms with Crippen LogP contribution in [0.5, 0.6) is 0 Å². The van der Waals surface area contributed by atoms with E-state index in [1.807, 2.05) is 0 Å². The molecule has 0 fully saturated rings. The van der Waals surface area contributed by atoms with Gasteiger partial charge in [-0.25, -0.2) is 9.18 Å². The van der Waals surface area contributed by atoms with Gasteiger partial charge in [0, 0.05) is 4.47 Å². The number of nitrogens with one attached hydrogen (secondary N) is 1. The van der Waals surface area contributed by atoms with E-state index in [2.05, 4.69) is 21.2 Å². The van der Waals surface area contributed by atoms with Crippen molar-refractivity contribution in [3.8, 4) is 0 Å². The van der Waals surface area contributed by atoms with Gasteiger partial charge >= 0.3 is 6.03 Å². The number of amides is 2. The largest absolute Gasteiger partial charge is 0.395 e. The number of carbonyl (C=O) groups excluding carboxylic acids is 1. The third-order valence-corrected chi connectivity index (χ3v) is 1.81. The van der Waals surface area contributed by atoms with Gasteiger partial charge in [0.05, 0.1) is 11.4 Å². The van der Waals surface area contributed by atoms with Crippen molar-refractivity contribution in [1.29, 1.82) is 0 Å². The average Bonchev–Trinajstić information content (AvgIpc) is 1.98. The smallest absolute Gasteiger partial charge is 0.316 e. The predicted molar refractivity (Wildman–Crippen MR) is 51.7 cm³/mol. The zero-order chi connectivity index (χ0) is 10.0. The maximum atomic E-state index is 12.9. The molecule has 0 heterocycles. The summed E-state index contributed by atoms with van der Waals surface area (Å²) in [6, 6.07) is 1.87. The number of carbonyl (C=O) groups is 1. The highest BCUT2D eigenvalue weighted by Crippen LogP contribution is 2.26. The van der Waals surface area contributed by atoms with E-state index in [9.17, 15) is 9.18 Å². The number of rotatable bonds is 1. The first-order valence-corrected chi connectivity index (χ1v) is 4.11. The summed E-state index contributed by atoms with van der Waals surface area (Å²) in [5.41, 5.74) is 10.2. The minimum Gasteiger partial charge on any atom is -0.395 e. The number of nitrogens with two attached hydrogens (primary N) is 2. The molecule has 0 bridgehead atoms. The Morgan fingerprint density at radius 2 is 2.15 bits per heavy atom. The first-order valence-electron chi connectivity index (χ1n) is 3.31. The third kappa shape index (κ3) is 2.32. The molecule has 0 aromatic heterocycles. The lowest BCUT2D eigenvalue weighted by molar-refractivity contribution is 0.259. The van der Waals surface area contributed by atoms with E-state index in [0.29, 0.717) is 4.47 Å². The van der Waals surface area contributed by atoms with Crippen LogP contribution in [0.3, 0.4) is 0 Å². The van der Waals surface area contributed by atoms with Crippen LogP contribution in [-0.4, -0.2) is 6.03 Å². The molecule has 0 atom stereocenters. The van der Waals surface area contributed by atoms with Crippen molar-refractivity contribution in [2.45, 2.75) is 0 Å². The van der Waals surface area contributed by atoms with E-state index in [1.54, 1.807) is 0 Å². The highest BCUT2D eigenvalue weighted by Gasteiger charge is 2.07. The maximum Gasteiger partial charge on any atom is 0.316 e. The molecular formula is C7H7BrFN3O. The van der Waals surface area contributed by atoms with Crippen molar-refractivity contribution in [2.24, 2.45) is 5.73 Å². The van der Waals surface area contributed by atoms with Gasteiger partial charge in [0.1, 0.15) is 5.82 Å². The number of benzene rings is 1. The van der Waals surface area contributed by atoms with Crippen molar-refractivity contribution in [3.05, 3.63) is 22.4 Å². The maximum absolute atomic E-state index is 12.9. The summed E-state index contributed by atoms with van der Waals surface area (Å²) in [5.74, 6) is -0.613. The molecule has 5 N–H and O–H groups in total. The molecule has 0 aliphatic heterocycles. The van der Waals surface area contributed by atoms with Crippen LogP contribution in [0, 0.1) is 5.82 Å². The number of hydrogen-bond acceptors (Lipinski definition) is 2. The Labute approximate surface area is 82.2 Å². The first-order chi connectivity index (χ1) is 6.00. The van der Waals surface area contributed by atoms with Gasteiger partial charge in [-0.15, -0.1) is 0 Å². The minimum absolute atomic E-state index is 0.137. The Morgan fingerprint density at radius 3 is 2.69 bits per heavy atom. The van der Waals surface area contributed by atoms with Crippen LogP contribution >= 0.6 is 15.9 Å². The second kappa shape index (κ2) is 3.61. The zero-order valence-corrected chi connectivity index (χ0v) is 8.06. The second-order valence-electron chi connectivity index (χ2n) is 2.34. The van der Waals surface area contributed by atoms with E-state index in [1.165, 1.54) is 12.1 Å². The molecule has 13 heavy (non-hydrogen) atoms. The van der Waals surface area contributed by atoms with Gasteiger partial charge in [-0.2, -0.15) is 0 Å². The Balaban J connectivity index is 3.12. The van der Waals surface area contributed by atoms with Gasteiger partial charge < -0.3 is 16.8 Å². The van der Waals surface area contributed by atoms with Gasteiger partial charge in [0.25, 0.3) is 0 Å². The Morgan fingerprint density at radius 1 is 1.54 bits per heavy atom. The van der Waals surface area contributed by atoms with Crippen LogP contribution in [0.4, 0.5) is 20.6 Å². The van der Waals surface area contributed by atoms with Crippen LogP contribution in [0.15, 0.2) is 16.6 Å². The summed E-state index contributed by atoms with van der Waals surface area (Å²) in [7, 11) is 0. The molecule has 2 amide bonds. The van der Waals surface area contributed by atoms with E-state index >= 15 is 0 Å². The van der Waals surface area contributed by atoms with E-state index < -0.39 is 11.8 Å². The van der Waals surface area contributed by atoms with Gasteiger partial charge in [0.2, 0.25) is 0 Å². The second-order valence-corrected chi connectivity index (χ2v) is 3.25. The van der Waals surface area contributed by atoms with Crippen LogP contribution in [0.1, 0.15) is 0 Å². The lowest BCUT2D eigenvalue weighted by Crippen LogP contribution is -2.20. The fourth-order valence-corrected chi connectivity index (χ4v) is 1.25. The van der Waals surface area contributed by atoms with Crippen molar-refractivity contribution in [3.63, 3.8) is 0 Å². The molecule has 0 saturated carbocycles. The zero-order valence-electron chi connectivity index (χ0n) is 6.47. The van der Waals surface area contributed by atoms with Gasteiger partial charge in [-0.1, -0.05) is 15.9 Å². The monoisotopic (exact) mass is 247 g/mol. The number of nitrogen functional groups attached to an aromatic ring is 1. The molecule has 0 radical (unpaired) electrons. The molecule has 1 aromatic carbocycles. The third-order valence-electron chi connectivity index (χ3n) is 1.35. The van der Waals surface area contributed by atoms with E-state index in [0.717, 1.165) is 0 Å². The van der Waals surface area contributed by atoms with Crippen LogP contribution in [0.25, 0.3) is 0 Å². The molecule has 70 valence electrons. The minimum atomic E-state index is -0.788. The molecule has 0 aliphatic carbocycles. The van der Waals surface area contributed by atoms with Crippen molar-refractivity contribution in [2.75, 3.05) is 11.1 Å². The topological polar surface area (TPSA) is 81.1 Å². The number of hydrogen-bond donors (Lipinski definition) is 3. The molecule has 1 aromatic rings. The van der Waals surface area contributed by atoms with Crippen LogP contribution in [0.2, 0.25) is 0 Å². The van der Waals surface area contributed by atoms with Gasteiger partial charge in [-0.05, 0) is 12.1 Å². The van der Waals surface area contributed by atoms with Crippen molar-refractivity contribution < 1.29 is 9.18 Å². The van der Waals surface area contributed by atoms with Crippen molar-refractivity contribution in [1.82, 2.24) is 0 Å². The summed E-state index contributed by atoms with van der Waals surface area (Å²) in [4.78, 5) is 10.5. The number of halogens is 2. The quantitative estimate of drug-likeness (QED) is 0.660. The van der Waals surface area contributed by atoms with E-state index in [-0.39, 0.29) is 11.4 Å². The molecule has 1 rings (SSSR count). The summed E-state index contributed by atoms with van der Waals surface area (Å²) in [5, 5.41) is 2.20. The Hall–Kier alpha value is -1.30. The molecular weight excluding hydrogens is 241 g/mol. The molecule has 4 nitrogen and oxygen atoms in total.